The lowest BCUT2D eigenvalue weighted by atomic mass is 10.1. The Labute approximate surface area is 249 Å². The zero-order valence-electron chi connectivity index (χ0n) is 22.4. The Morgan fingerprint density at radius 1 is 1.05 bits per heavy atom. The van der Waals surface area contributed by atoms with Crippen LogP contribution in [0.5, 0.6) is 5.75 Å². The zero-order chi connectivity index (χ0) is 29.0. The molecule has 0 radical (unpaired) electrons. The fourth-order valence-corrected chi connectivity index (χ4v) is 6.93. The van der Waals surface area contributed by atoms with E-state index in [1.165, 1.54) is 11.9 Å². The molecule has 0 unspecified atom stereocenters. The van der Waals surface area contributed by atoms with Crippen LogP contribution in [0.25, 0.3) is 10.8 Å². The molecule has 1 saturated heterocycles. The number of thiocarbonyl (C=S) groups is 1. The highest BCUT2D eigenvalue weighted by Crippen LogP contribution is 2.44. The average molecular weight is 610 g/mol. The molecule has 9 nitrogen and oxygen atoms in total. The fraction of sp³-hybridized carbons (Fsp3) is 0.207. The molecule has 0 aromatic heterocycles. The number of aromatic hydroxyl groups is 1. The zero-order valence-corrected chi connectivity index (χ0v) is 24.8. The molecule has 0 saturated carbocycles. The molecular formula is C29H31N5O4S3. The van der Waals surface area contributed by atoms with Crippen molar-refractivity contribution in [2.45, 2.75) is 16.7 Å². The summed E-state index contributed by atoms with van der Waals surface area (Å²) in [4.78, 5) is 1.26. The molecule has 12 heteroatoms. The van der Waals surface area contributed by atoms with E-state index in [2.05, 4.69) is 19.7 Å². The van der Waals surface area contributed by atoms with E-state index < -0.39 is 10.0 Å². The molecule has 4 aromatic carbocycles. The Bertz CT molecular complexity index is 1690. The highest BCUT2D eigenvalue weighted by Gasteiger charge is 2.22. The standard InChI is InChI=1S/C29H31N5O4S3/c1-19-6-4-7-20(16-19)41(36,37)33-24-11-5-9-22-27(24)25(17-26(28(22)35)40-34-12-14-38-15-13-34)31-18-32-29(39)21-8-2-3-10-23(21)30/h2-11,16-17,31,33,35H,12-15,18,30H2,1H3,(H,32,39). The number of nitrogens with one attached hydrogen (secondary N) is 3. The summed E-state index contributed by atoms with van der Waals surface area (Å²) in [5, 5.41) is 18.9. The molecule has 6 N–H and O–H groups in total. The van der Waals surface area contributed by atoms with Crippen LogP contribution in [0.4, 0.5) is 17.1 Å². The van der Waals surface area contributed by atoms with E-state index >= 15 is 0 Å². The summed E-state index contributed by atoms with van der Waals surface area (Å²) in [7, 11) is -3.90. The number of hydrogen-bond acceptors (Lipinski definition) is 9. The number of anilines is 3. The van der Waals surface area contributed by atoms with Crippen LogP contribution in [0.3, 0.4) is 0 Å². The summed E-state index contributed by atoms with van der Waals surface area (Å²) in [6.45, 7) is 4.73. The second-order valence-electron chi connectivity index (χ2n) is 9.50. The van der Waals surface area contributed by atoms with Crippen LogP contribution in [-0.4, -0.2) is 55.8 Å². The van der Waals surface area contributed by atoms with Crippen LogP contribution in [0.1, 0.15) is 11.1 Å². The van der Waals surface area contributed by atoms with Crippen molar-refractivity contribution in [1.29, 1.82) is 0 Å². The van der Waals surface area contributed by atoms with Gasteiger partial charge in [-0.3, -0.25) is 4.72 Å². The minimum absolute atomic E-state index is 0.0687. The molecule has 0 bridgehead atoms. The molecule has 4 aromatic rings. The number of fused-ring (bicyclic) bond motifs is 1. The molecule has 1 aliphatic heterocycles. The topological polar surface area (TPSA) is 129 Å². The van der Waals surface area contributed by atoms with Crippen molar-refractivity contribution in [2.75, 3.05) is 48.7 Å². The van der Waals surface area contributed by atoms with Crippen LogP contribution in [0, 0.1) is 6.92 Å². The lowest BCUT2D eigenvalue weighted by Gasteiger charge is -2.26. The van der Waals surface area contributed by atoms with Gasteiger partial charge in [0.05, 0.1) is 35.4 Å². The Balaban J connectivity index is 1.51. The van der Waals surface area contributed by atoms with Crippen molar-refractivity contribution < 1.29 is 18.3 Å². The molecule has 5 rings (SSSR count). The van der Waals surface area contributed by atoms with E-state index in [-0.39, 0.29) is 17.3 Å². The predicted molar refractivity (Wildman–Crippen MR) is 170 cm³/mol. The number of aryl methyl sites for hydroxylation is 1. The van der Waals surface area contributed by atoms with Gasteiger partial charge in [-0.05, 0) is 60.8 Å². The monoisotopic (exact) mass is 609 g/mol. The Morgan fingerprint density at radius 2 is 1.80 bits per heavy atom. The quantitative estimate of drug-likeness (QED) is 0.0587. The third-order valence-corrected chi connectivity index (χ3v) is 9.43. The van der Waals surface area contributed by atoms with Gasteiger partial charge in [-0.2, -0.15) is 0 Å². The molecule has 41 heavy (non-hydrogen) atoms. The molecule has 1 fully saturated rings. The second-order valence-corrected chi connectivity index (χ2v) is 12.7. The number of para-hydroxylation sites is 1. The van der Waals surface area contributed by atoms with Gasteiger partial charge in [-0.25, -0.2) is 12.7 Å². The van der Waals surface area contributed by atoms with Crippen molar-refractivity contribution in [2.24, 2.45) is 0 Å². The van der Waals surface area contributed by atoms with Crippen LogP contribution < -0.4 is 21.1 Å². The minimum atomic E-state index is -3.90. The summed E-state index contributed by atoms with van der Waals surface area (Å²) in [5.74, 6) is 0.0687. The van der Waals surface area contributed by atoms with Gasteiger partial charge >= 0.3 is 0 Å². The van der Waals surface area contributed by atoms with Crippen LogP contribution in [0.2, 0.25) is 0 Å². The number of nitrogen functional groups attached to an aromatic ring is 1. The summed E-state index contributed by atoms with van der Waals surface area (Å²) in [6, 6.07) is 21.0. The number of ether oxygens (including phenoxy) is 1. The van der Waals surface area contributed by atoms with E-state index in [1.54, 1.807) is 42.5 Å². The Kier molecular flexibility index (Phi) is 8.85. The lowest BCUT2D eigenvalue weighted by Crippen LogP contribution is -2.31. The van der Waals surface area contributed by atoms with E-state index in [0.717, 1.165) is 24.2 Å². The third kappa shape index (κ3) is 6.68. The number of morpholine rings is 1. The molecule has 0 spiro atoms. The first-order valence-corrected chi connectivity index (χ1v) is 15.6. The Morgan fingerprint density at radius 3 is 2.56 bits per heavy atom. The van der Waals surface area contributed by atoms with E-state index in [0.29, 0.717) is 50.9 Å². The average Bonchev–Trinajstić information content (AvgIpc) is 2.96. The molecule has 1 aliphatic rings. The number of phenols is 1. The number of hydrogen-bond donors (Lipinski definition) is 5. The van der Waals surface area contributed by atoms with E-state index in [4.69, 9.17) is 22.7 Å². The maximum absolute atomic E-state index is 13.4. The molecule has 214 valence electrons. The maximum atomic E-state index is 13.4. The number of benzene rings is 4. The first-order chi connectivity index (χ1) is 19.7. The van der Waals surface area contributed by atoms with Crippen LogP contribution >= 0.6 is 24.2 Å². The maximum Gasteiger partial charge on any atom is 0.261 e. The molecule has 1 heterocycles. The first kappa shape index (κ1) is 29.0. The van der Waals surface area contributed by atoms with Gasteiger partial charge in [0.15, 0.2) is 0 Å². The van der Waals surface area contributed by atoms with Crippen LogP contribution in [0.15, 0.2) is 82.6 Å². The normalized spacial score (nSPS) is 14.1. The van der Waals surface area contributed by atoms with Gasteiger partial charge < -0.3 is 26.2 Å². The largest absolute Gasteiger partial charge is 0.506 e. The van der Waals surface area contributed by atoms with Crippen molar-refractivity contribution >= 4 is 67.0 Å². The van der Waals surface area contributed by atoms with E-state index in [9.17, 15) is 13.5 Å². The number of rotatable bonds is 9. The summed E-state index contributed by atoms with van der Waals surface area (Å²) in [5.41, 5.74) is 9.15. The molecular weight excluding hydrogens is 579 g/mol. The lowest BCUT2D eigenvalue weighted by molar-refractivity contribution is 0.0773. The highest BCUT2D eigenvalue weighted by molar-refractivity contribution is 7.97. The fourth-order valence-electron chi connectivity index (χ4n) is 4.52. The minimum Gasteiger partial charge on any atom is -0.506 e. The van der Waals surface area contributed by atoms with Gasteiger partial charge in [0.2, 0.25) is 0 Å². The summed E-state index contributed by atoms with van der Waals surface area (Å²) in [6.07, 6.45) is 0. The third-order valence-electron chi connectivity index (χ3n) is 6.57. The number of sulfonamides is 1. The van der Waals surface area contributed by atoms with E-state index in [1.807, 2.05) is 37.3 Å². The predicted octanol–water partition coefficient (Wildman–Crippen LogP) is 4.91. The smallest absolute Gasteiger partial charge is 0.261 e. The van der Waals surface area contributed by atoms with Crippen molar-refractivity contribution in [1.82, 2.24) is 9.62 Å². The van der Waals surface area contributed by atoms with Crippen molar-refractivity contribution in [3.8, 4) is 5.75 Å². The van der Waals surface area contributed by atoms with Gasteiger partial charge in [0.1, 0.15) is 10.7 Å². The van der Waals surface area contributed by atoms with Gasteiger partial charge in [0.25, 0.3) is 10.0 Å². The van der Waals surface area contributed by atoms with Crippen molar-refractivity contribution in [3.05, 3.63) is 83.9 Å². The van der Waals surface area contributed by atoms with Gasteiger partial charge in [-0.15, -0.1) is 0 Å². The highest BCUT2D eigenvalue weighted by atomic mass is 32.2. The van der Waals surface area contributed by atoms with Gasteiger partial charge in [0, 0.05) is 40.8 Å². The summed E-state index contributed by atoms with van der Waals surface area (Å²) >= 11 is 6.99. The number of nitrogens with two attached hydrogens (primary N) is 1. The second kappa shape index (κ2) is 12.5. The number of phenolic OH excluding ortho intramolecular Hbond substituents is 1. The molecule has 0 amide bonds. The molecule has 0 aliphatic carbocycles. The Hall–Kier alpha value is -3.55. The number of nitrogens with zero attached hydrogens (tertiary/aromatic N) is 1. The first-order valence-electron chi connectivity index (χ1n) is 13.0. The molecule has 0 atom stereocenters. The van der Waals surface area contributed by atoms with Crippen molar-refractivity contribution in [3.63, 3.8) is 0 Å². The summed E-state index contributed by atoms with van der Waals surface area (Å²) < 4.78 is 37.0. The van der Waals surface area contributed by atoms with Gasteiger partial charge in [-0.1, -0.05) is 48.6 Å². The SMILES string of the molecule is Cc1cccc(S(=O)(=O)Nc2cccc3c(O)c(SN4CCOCC4)cc(NCNC(=S)c4ccccc4N)c23)c1. The van der Waals surface area contributed by atoms with Crippen LogP contribution in [-0.2, 0) is 14.8 Å².